The first-order valence-corrected chi connectivity index (χ1v) is 8.20. The van der Waals surface area contributed by atoms with Crippen LogP contribution in [-0.2, 0) is 17.9 Å². The third-order valence-electron chi connectivity index (χ3n) is 3.69. The average molecular weight is 378 g/mol. The second-order valence-corrected chi connectivity index (χ2v) is 6.40. The number of nitrogens with zero attached hydrogens (tertiary/aromatic N) is 4. The van der Waals surface area contributed by atoms with Crippen molar-refractivity contribution in [2.45, 2.75) is 38.3 Å². The molecule has 1 fully saturated rings. The summed E-state index contributed by atoms with van der Waals surface area (Å²) in [5, 5.41) is 11.0. The molecule has 0 spiro atoms. The smallest absolute Gasteiger partial charge is 0.283 e. The van der Waals surface area contributed by atoms with Crippen molar-refractivity contribution in [3.05, 3.63) is 33.8 Å². The monoisotopic (exact) mass is 377 g/mol. The molecular formula is C14H15Cl2F2N5O. The van der Waals surface area contributed by atoms with Gasteiger partial charge in [-0.25, -0.2) is 8.78 Å². The Labute approximate surface area is 146 Å². The summed E-state index contributed by atoms with van der Waals surface area (Å²) in [6.45, 7) is 0.653. The third-order valence-corrected chi connectivity index (χ3v) is 4.27. The fourth-order valence-electron chi connectivity index (χ4n) is 2.44. The van der Waals surface area contributed by atoms with Gasteiger partial charge < -0.3 is 5.32 Å². The Bertz CT molecular complexity index is 742. The summed E-state index contributed by atoms with van der Waals surface area (Å²) in [5.74, 6) is -0.216. The van der Waals surface area contributed by atoms with Gasteiger partial charge in [0.1, 0.15) is 12.2 Å². The van der Waals surface area contributed by atoms with Gasteiger partial charge in [-0.3, -0.25) is 14.2 Å². The Morgan fingerprint density at radius 1 is 1.42 bits per heavy atom. The van der Waals surface area contributed by atoms with Crippen LogP contribution in [0.1, 0.15) is 36.6 Å². The minimum absolute atomic E-state index is 0.0218. The van der Waals surface area contributed by atoms with E-state index in [9.17, 15) is 13.6 Å². The van der Waals surface area contributed by atoms with Crippen LogP contribution in [0, 0.1) is 0 Å². The van der Waals surface area contributed by atoms with Gasteiger partial charge in [0.05, 0.1) is 28.5 Å². The summed E-state index contributed by atoms with van der Waals surface area (Å²) in [6.07, 6.45) is 2.12. The van der Waals surface area contributed by atoms with Gasteiger partial charge in [-0.1, -0.05) is 23.2 Å². The number of amides is 1. The van der Waals surface area contributed by atoms with Crippen LogP contribution in [0.3, 0.4) is 0 Å². The van der Waals surface area contributed by atoms with Gasteiger partial charge in [0, 0.05) is 18.7 Å². The average Bonchev–Trinajstić information content (AvgIpc) is 3.18. The zero-order valence-electron chi connectivity index (χ0n) is 12.6. The highest BCUT2D eigenvalue weighted by atomic mass is 35.5. The largest absolute Gasteiger partial charge is 0.353 e. The summed E-state index contributed by atoms with van der Waals surface area (Å²) in [5.41, 5.74) is 0.0681. The molecule has 130 valence electrons. The summed E-state index contributed by atoms with van der Waals surface area (Å²) in [6, 6.07) is 0. The second-order valence-electron chi connectivity index (χ2n) is 5.59. The molecule has 3 rings (SSSR count). The Morgan fingerprint density at radius 3 is 2.75 bits per heavy atom. The Balaban J connectivity index is 1.60. The maximum atomic E-state index is 13.0. The van der Waals surface area contributed by atoms with Crippen molar-refractivity contribution < 1.29 is 13.6 Å². The van der Waals surface area contributed by atoms with E-state index < -0.39 is 12.1 Å². The molecule has 6 nitrogen and oxygen atoms in total. The van der Waals surface area contributed by atoms with Crippen LogP contribution in [0.5, 0.6) is 0 Å². The fourth-order valence-corrected chi connectivity index (χ4v) is 2.97. The van der Waals surface area contributed by atoms with Crippen molar-refractivity contribution in [3.8, 4) is 0 Å². The predicted octanol–water partition coefficient (Wildman–Crippen LogP) is 3.02. The van der Waals surface area contributed by atoms with Crippen molar-refractivity contribution in [2.75, 3.05) is 6.54 Å². The molecule has 0 radical (unpaired) electrons. The first-order valence-electron chi connectivity index (χ1n) is 7.44. The zero-order chi connectivity index (χ0) is 17.3. The highest BCUT2D eigenvalue weighted by Gasteiger charge is 2.34. The van der Waals surface area contributed by atoms with E-state index >= 15 is 0 Å². The number of rotatable bonds is 7. The molecule has 2 heterocycles. The molecule has 1 amide bonds. The molecule has 24 heavy (non-hydrogen) atoms. The van der Waals surface area contributed by atoms with E-state index in [0.717, 1.165) is 12.8 Å². The van der Waals surface area contributed by atoms with E-state index in [1.54, 1.807) is 10.9 Å². The lowest BCUT2D eigenvalue weighted by Crippen LogP contribution is -2.31. The molecule has 0 atom stereocenters. The molecule has 1 N–H and O–H groups in total. The van der Waals surface area contributed by atoms with Crippen LogP contribution >= 0.6 is 23.2 Å². The lowest BCUT2D eigenvalue weighted by atomic mass is 10.2. The van der Waals surface area contributed by atoms with Crippen LogP contribution in [0.25, 0.3) is 0 Å². The van der Waals surface area contributed by atoms with Crippen molar-refractivity contribution in [1.82, 2.24) is 24.9 Å². The predicted molar refractivity (Wildman–Crippen MR) is 84.4 cm³/mol. The molecule has 1 aliphatic rings. The van der Waals surface area contributed by atoms with Gasteiger partial charge in [0.15, 0.2) is 0 Å². The first-order chi connectivity index (χ1) is 11.5. The van der Waals surface area contributed by atoms with Crippen LogP contribution in [0.4, 0.5) is 8.78 Å². The molecule has 0 unspecified atom stereocenters. The van der Waals surface area contributed by atoms with Crippen LogP contribution in [0.15, 0.2) is 12.4 Å². The van der Waals surface area contributed by atoms with E-state index in [0.29, 0.717) is 23.8 Å². The minimum atomic E-state index is -2.76. The Kier molecular flexibility index (Phi) is 5.05. The highest BCUT2D eigenvalue weighted by molar-refractivity contribution is 6.32. The zero-order valence-corrected chi connectivity index (χ0v) is 14.1. The standard InChI is InChI=1S/C14H15Cl2F2N5O/c15-9-5-20-22(6-9)4-3-19-10(24)7-23-13(8-1-2-8)11(16)12(21-23)14(17)18/h5-6,8,14H,1-4,7H2,(H,19,24). The number of carbonyl (C=O) groups is 1. The van der Waals surface area contributed by atoms with E-state index in [1.807, 2.05) is 0 Å². The fraction of sp³-hybridized carbons (Fsp3) is 0.500. The van der Waals surface area contributed by atoms with Crippen molar-refractivity contribution >= 4 is 29.1 Å². The number of alkyl halides is 2. The van der Waals surface area contributed by atoms with E-state index in [-0.39, 0.29) is 23.4 Å². The van der Waals surface area contributed by atoms with Gasteiger partial charge in [-0.2, -0.15) is 10.2 Å². The Hall–Kier alpha value is -1.67. The van der Waals surface area contributed by atoms with Gasteiger partial charge in [-0.15, -0.1) is 0 Å². The van der Waals surface area contributed by atoms with Crippen LogP contribution in [0.2, 0.25) is 10.0 Å². The van der Waals surface area contributed by atoms with Gasteiger partial charge >= 0.3 is 0 Å². The summed E-state index contributed by atoms with van der Waals surface area (Å²) in [7, 11) is 0. The number of nitrogens with one attached hydrogen (secondary N) is 1. The van der Waals surface area contributed by atoms with E-state index in [2.05, 4.69) is 15.5 Å². The van der Waals surface area contributed by atoms with Gasteiger partial charge in [0.25, 0.3) is 6.43 Å². The Morgan fingerprint density at radius 2 is 2.17 bits per heavy atom. The molecule has 0 aliphatic heterocycles. The SMILES string of the molecule is O=C(Cn1nc(C(F)F)c(Cl)c1C1CC1)NCCn1cc(Cl)cn1. The lowest BCUT2D eigenvalue weighted by Gasteiger charge is -2.08. The third kappa shape index (κ3) is 3.87. The van der Waals surface area contributed by atoms with Crippen LogP contribution < -0.4 is 5.32 Å². The molecule has 0 aromatic carbocycles. The summed E-state index contributed by atoms with van der Waals surface area (Å²) in [4.78, 5) is 12.0. The van der Waals surface area contributed by atoms with Gasteiger partial charge in [-0.05, 0) is 12.8 Å². The van der Waals surface area contributed by atoms with Crippen molar-refractivity contribution in [3.63, 3.8) is 0 Å². The number of aromatic nitrogens is 4. The maximum Gasteiger partial charge on any atom is 0.283 e. The normalized spacial score (nSPS) is 14.4. The van der Waals surface area contributed by atoms with Crippen molar-refractivity contribution in [1.29, 1.82) is 0 Å². The number of carbonyl (C=O) groups excluding carboxylic acids is 1. The summed E-state index contributed by atoms with van der Waals surface area (Å²) >= 11 is 11.8. The van der Waals surface area contributed by atoms with Gasteiger partial charge in [0.2, 0.25) is 5.91 Å². The first kappa shape index (κ1) is 17.2. The second kappa shape index (κ2) is 7.06. The molecule has 0 bridgehead atoms. The molecule has 0 saturated heterocycles. The molecule has 10 heteroatoms. The number of hydrogen-bond acceptors (Lipinski definition) is 3. The van der Waals surface area contributed by atoms with Crippen molar-refractivity contribution in [2.24, 2.45) is 0 Å². The lowest BCUT2D eigenvalue weighted by molar-refractivity contribution is -0.121. The molecule has 2 aromatic rings. The minimum Gasteiger partial charge on any atom is -0.353 e. The van der Waals surface area contributed by atoms with E-state index in [4.69, 9.17) is 23.2 Å². The highest BCUT2D eigenvalue weighted by Crippen LogP contribution is 2.45. The van der Waals surface area contributed by atoms with Crippen LogP contribution in [-0.4, -0.2) is 32.0 Å². The van der Waals surface area contributed by atoms with E-state index in [1.165, 1.54) is 10.9 Å². The topological polar surface area (TPSA) is 64.7 Å². The molecular weight excluding hydrogens is 363 g/mol. The molecule has 1 aliphatic carbocycles. The number of halogens is 4. The quantitative estimate of drug-likeness (QED) is 0.806. The summed E-state index contributed by atoms with van der Waals surface area (Å²) < 4.78 is 28.8. The molecule has 1 saturated carbocycles. The maximum absolute atomic E-state index is 13.0. The number of hydrogen-bond donors (Lipinski definition) is 1. The molecule has 2 aromatic heterocycles.